The van der Waals surface area contributed by atoms with E-state index in [0.29, 0.717) is 22.3 Å². The number of hydrogen-bond donors (Lipinski definition) is 0. The molecule has 0 atom stereocenters. The molecule has 8 aromatic carbocycles. The van der Waals surface area contributed by atoms with E-state index in [1.165, 1.54) is 38.1 Å². The number of fused-ring (bicyclic) bond motifs is 9. The Morgan fingerprint density at radius 2 is 1.02 bits per heavy atom. The summed E-state index contributed by atoms with van der Waals surface area (Å²) in [5.74, 6) is 0. The Morgan fingerprint density at radius 3 is 1.81 bits per heavy atom. The molecule has 9 rings (SSSR count). The zero-order valence-corrected chi connectivity index (χ0v) is 24.0. The third-order valence-corrected chi connectivity index (χ3v) is 9.47. The van der Waals surface area contributed by atoms with Crippen molar-refractivity contribution in [2.45, 2.75) is 19.3 Å². The van der Waals surface area contributed by atoms with Gasteiger partial charge in [-0.25, -0.2) is 0 Å². The van der Waals surface area contributed by atoms with E-state index >= 15 is 0 Å². The average Bonchev–Trinajstić information content (AvgIpc) is 3.32. The van der Waals surface area contributed by atoms with E-state index in [0.717, 1.165) is 27.3 Å². The molecule has 0 unspecified atom stereocenters. The Labute approximate surface area is 257 Å². The molecule has 0 saturated heterocycles. The number of benzene rings is 8. The predicted molar refractivity (Wildman–Crippen MR) is 185 cm³/mol. The van der Waals surface area contributed by atoms with Gasteiger partial charge < -0.3 is 0 Å². The maximum Gasteiger partial charge on any atom is 0.0629 e. The lowest BCUT2D eigenvalue weighted by Gasteiger charge is -2.22. The van der Waals surface area contributed by atoms with E-state index in [9.17, 15) is 0 Å². The van der Waals surface area contributed by atoms with Gasteiger partial charge in [-0.1, -0.05) is 135 Å². The van der Waals surface area contributed by atoms with Crippen LogP contribution in [-0.4, -0.2) is 0 Å². The second-order valence-electron chi connectivity index (χ2n) is 12.3. The normalized spacial score (nSPS) is 14.8. The zero-order chi connectivity index (χ0) is 32.2. The molecule has 43 heavy (non-hydrogen) atoms. The van der Waals surface area contributed by atoms with Crippen molar-refractivity contribution >= 4 is 43.1 Å². The lowest BCUT2D eigenvalue weighted by atomic mass is 9.81. The van der Waals surface area contributed by atoms with E-state index in [1.54, 1.807) is 0 Å². The first-order valence-corrected chi connectivity index (χ1v) is 14.9. The third kappa shape index (κ3) is 3.63. The maximum atomic E-state index is 9.15. The minimum absolute atomic E-state index is 0.0233. The monoisotopic (exact) mass is 550 g/mol. The highest BCUT2D eigenvalue weighted by molar-refractivity contribution is 6.12. The highest BCUT2D eigenvalue weighted by Gasteiger charge is 2.36. The molecule has 0 saturated carbocycles. The Hall–Kier alpha value is -5.20. The first-order valence-electron chi connectivity index (χ1n) is 16.9. The molecular weight excluding hydrogens is 516 g/mol. The smallest absolute Gasteiger partial charge is 0.0616 e. The Kier molecular flexibility index (Phi) is 4.27. The van der Waals surface area contributed by atoms with Crippen LogP contribution in [0.1, 0.15) is 30.5 Å². The minimum Gasteiger partial charge on any atom is -0.0616 e. The fourth-order valence-electron chi connectivity index (χ4n) is 7.17. The molecule has 0 heterocycles. The van der Waals surface area contributed by atoms with Gasteiger partial charge in [0.25, 0.3) is 0 Å². The first kappa shape index (κ1) is 20.6. The maximum absolute atomic E-state index is 9.15. The Bertz CT molecular complexity index is 2620. The molecule has 0 spiro atoms. The first-order chi connectivity index (χ1) is 22.7. The zero-order valence-electron chi connectivity index (χ0n) is 28.0. The summed E-state index contributed by atoms with van der Waals surface area (Å²) in [7, 11) is 0. The number of hydrogen-bond acceptors (Lipinski definition) is 0. The van der Waals surface area contributed by atoms with E-state index in [-0.39, 0.29) is 29.6 Å². The van der Waals surface area contributed by atoms with Gasteiger partial charge in [-0.2, -0.15) is 0 Å². The molecule has 0 radical (unpaired) electrons. The molecule has 1 aliphatic carbocycles. The van der Waals surface area contributed by atoms with Gasteiger partial charge in [-0.05, 0) is 112 Å². The summed E-state index contributed by atoms with van der Waals surface area (Å²) in [5, 5.41) is 9.20. The van der Waals surface area contributed by atoms with Crippen LogP contribution in [0.25, 0.3) is 76.5 Å². The van der Waals surface area contributed by atoms with Crippen molar-refractivity contribution in [1.29, 1.82) is 0 Å². The topological polar surface area (TPSA) is 0 Å². The Morgan fingerprint density at radius 1 is 0.419 bits per heavy atom. The molecule has 0 heteroatoms. The largest absolute Gasteiger partial charge is 0.0629 e. The molecule has 0 fully saturated rings. The quantitative estimate of drug-likeness (QED) is 0.148. The number of rotatable bonds is 2. The highest BCUT2D eigenvalue weighted by Crippen LogP contribution is 2.52. The van der Waals surface area contributed by atoms with Crippen molar-refractivity contribution in [1.82, 2.24) is 0 Å². The van der Waals surface area contributed by atoms with Gasteiger partial charge in [0.15, 0.2) is 0 Å². The van der Waals surface area contributed by atoms with Gasteiger partial charge in [0.05, 0.1) is 5.48 Å². The second kappa shape index (κ2) is 8.90. The lowest BCUT2D eigenvalue weighted by Crippen LogP contribution is -2.15. The summed E-state index contributed by atoms with van der Waals surface area (Å²) < 4.78 is 36.6. The van der Waals surface area contributed by atoms with E-state index < -0.39 is 0 Å². The van der Waals surface area contributed by atoms with Crippen molar-refractivity contribution < 1.29 is 5.48 Å². The summed E-state index contributed by atoms with van der Waals surface area (Å²) >= 11 is 0. The summed E-state index contributed by atoms with van der Waals surface area (Å²) in [5.41, 5.74) is 6.56. The van der Waals surface area contributed by atoms with Crippen molar-refractivity contribution in [3.8, 4) is 33.4 Å². The van der Waals surface area contributed by atoms with Gasteiger partial charge in [0.1, 0.15) is 0 Å². The van der Waals surface area contributed by atoms with Crippen LogP contribution >= 0.6 is 0 Å². The average molecular weight is 551 g/mol. The second-order valence-corrected chi connectivity index (χ2v) is 12.3. The summed E-state index contributed by atoms with van der Waals surface area (Å²) in [4.78, 5) is 0. The molecular formula is C43H30. The molecule has 0 bridgehead atoms. The van der Waals surface area contributed by atoms with Crippen LogP contribution < -0.4 is 0 Å². The highest BCUT2D eigenvalue weighted by atomic mass is 14.4. The van der Waals surface area contributed by atoms with Crippen molar-refractivity contribution in [3.05, 3.63) is 157 Å². The van der Waals surface area contributed by atoms with Crippen LogP contribution in [0.2, 0.25) is 0 Å². The molecule has 202 valence electrons. The van der Waals surface area contributed by atoms with Crippen LogP contribution in [0.4, 0.5) is 0 Å². The molecule has 1 aliphatic rings. The van der Waals surface area contributed by atoms with E-state index in [2.05, 4.69) is 111 Å². The van der Waals surface area contributed by atoms with Crippen LogP contribution in [0, 0.1) is 0 Å². The van der Waals surface area contributed by atoms with Crippen molar-refractivity contribution in [2.24, 2.45) is 0 Å². The fraction of sp³-hybridized carbons (Fsp3) is 0.0698. The van der Waals surface area contributed by atoms with Crippen LogP contribution in [0.3, 0.4) is 0 Å². The summed E-state index contributed by atoms with van der Waals surface area (Å²) in [6.45, 7) is 4.44. The van der Waals surface area contributed by atoms with Gasteiger partial charge in [-0.3, -0.25) is 0 Å². The standard InChI is InChI=1S/C43H30/c1-43(2)40-22-20-30-8-4-6-10-37(30)42(40)38-21-19-33(26-41(38)43)28-13-11-27(12-14-28)31-16-17-32-25-39-34(24-35(32)23-31)18-15-29-7-3-5-9-36(29)39/h3-26H,1-2H3/i11D,12D,13D,14D. The molecule has 0 aromatic heterocycles. The van der Waals surface area contributed by atoms with Crippen LogP contribution in [-0.2, 0) is 5.41 Å². The van der Waals surface area contributed by atoms with Crippen LogP contribution in [0.15, 0.2) is 145 Å². The van der Waals surface area contributed by atoms with E-state index in [4.69, 9.17) is 5.48 Å². The SMILES string of the molecule is [2H]c1c([2H])c(-c2ccc3cc4c(ccc5ccccc54)cc3c2)c([2H])c([2H])c1-c1ccc2c(c1)C(C)(C)c1ccc3ccccc3c1-2. The fourth-order valence-corrected chi connectivity index (χ4v) is 7.17. The molecule has 0 nitrogen and oxygen atoms in total. The van der Waals surface area contributed by atoms with Gasteiger partial charge in [0, 0.05) is 5.41 Å². The lowest BCUT2D eigenvalue weighted by molar-refractivity contribution is 0.661. The molecule has 8 aromatic rings. The van der Waals surface area contributed by atoms with Gasteiger partial charge >= 0.3 is 0 Å². The summed E-state index contributed by atoms with van der Waals surface area (Å²) in [6.07, 6.45) is 0. The summed E-state index contributed by atoms with van der Waals surface area (Å²) in [6, 6.07) is 41.8. The van der Waals surface area contributed by atoms with E-state index in [1.807, 2.05) is 24.3 Å². The third-order valence-electron chi connectivity index (χ3n) is 9.47. The molecule has 0 N–H and O–H groups in total. The molecule has 0 aliphatic heterocycles. The van der Waals surface area contributed by atoms with Crippen molar-refractivity contribution in [3.63, 3.8) is 0 Å². The minimum atomic E-state index is -0.274. The van der Waals surface area contributed by atoms with Crippen molar-refractivity contribution in [2.75, 3.05) is 0 Å². The van der Waals surface area contributed by atoms with Crippen LogP contribution in [0.5, 0.6) is 0 Å². The van der Waals surface area contributed by atoms with Gasteiger partial charge in [-0.15, -0.1) is 0 Å². The van der Waals surface area contributed by atoms with Gasteiger partial charge in [0.2, 0.25) is 0 Å². The predicted octanol–water partition coefficient (Wildman–Crippen LogP) is 11.9. The molecule has 0 amide bonds. The Balaban J connectivity index is 1.18.